The molecule has 0 saturated heterocycles. The van der Waals surface area contributed by atoms with Gasteiger partial charge in [-0.25, -0.2) is 0 Å². The van der Waals surface area contributed by atoms with Crippen LogP contribution in [-0.4, -0.2) is 27.8 Å². The van der Waals surface area contributed by atoms with Gasteiger partial charge < -0.3 is 4.57 Å². The van der Waals surface area contributed by atoms with Gasteiger partial charge in [-0.2, -0.15) is 11.3 Å². The van der Waals surface area contributed by atoms with Gasteiger partial charge in [0.15, 0.2) is 0 Å². The summed E-state index contributed by atoms with van der Waals surface area (Å²) in [6, 6.07) is 66.0. The summed E-state index contributed by atoms with van der Waals surface area (Å²) in [6.07, 6.45) is 1.91. The molecule has 0 fully saturated rings. The Morgan fingerprint density at radius 1 is 0.710 bits per heavy atom. The Balaban J connectivity index is 0.000000223. The molecule has 3 heterocycles. The van der Waals surface area contributed by atoms with Crippen LogP contribution in [0.5, 0.6) is 0 Å². The summed E-state index contributed by atoms with van der Waals surface area (Å²) in [5.74, 6) is 7.08. The second-order valence-electron chi connectivity index (χ2n) is 19.9. The monoisotopic (exact) mass is 1160 g/mol. The van der Waals surface area contributed by atoms with Gasteiger partial charge in [-0.05, 0) is 61.8 Å². The fourth-order valence-corrected chi connectivity index (χ4v) is 13.8. The molecule has 0 bridgehead atoms. The molecule has 11 rings (SSSR count). The van der Waals surface area contributed by atoms with Gasteiger partial charge in [0.05, 0.1) is 22.5 Å². The van der Waals surface area contributed by atoms with Crippen molar-refractivity contribution in [3.63, 3.8) is 0 Å². The van der Waals surface area contributed by atoms with Crippen molar-refractivity contribution in [3.05, 3.63) is 205 Å². The van der Waals surface area contributed by atoms with Crippen molar-refractivity contribution in [1.82, 2.24) is 14.5 Å². The van der Waals surface area contributed by atoms with Crippen LogP contribution in [0.2, 0.25) is 17.3 Å². The quantitative estimate of drug-likeness (QED) is 0.118. The Labute approximate surface area is 433 Å². The molecular weight excluding hydrogens is 1100 g/mol. The van der Waals surface area contributed by atoms with Crippen molar-refractivity contribution in [3.8, 4) is 50.6 Å². The first-order chi connectivity index (χ1) is 34.3. The average molecular weight is 1160 g/mol. The zero-order chi connectivity index (χ0) is 50.7. The maximum absolute atomic E-state index is 8.49. The minimum absolute atomic E-state index is 0. The number of rotatable bonds is 7. The second kappa shape index (κ2) is 19.4. The van der Waals surface area contributed by atoms with Crippen LogP contribution in [0.25, 0.3) is 92.6 Å². The number of pyridine rings is 1. The van der Waals surface area contributed by atoms with Crippen molar-refractivity contribution in [2.24, 2.45) is 0 Å². The number of hydrogen-bond donors (Lipinski definition) is 0. The Morgan fingerprint density at radius 2 is 1.36 bits per heavy atom. The molecule has 0 atom stereocenters. The number of thiophene rings is 1. The summed E-state index contributed by atoms with van der Waals surface area (Å²) >= 11 is -0.318. The predicted molar refractivity (Wildman–Crippen MR) is 296 cm³/mol. The van der Waals surface area contributed by atoms with E-state index in [0.717, 1.165) is 50.3 Å². The first-order valence-corrected chi connectivity index (χ1v) is 31.5. The van der Waals surface area contributed by atoms with Gasteiger partial charge in [-0.3, -0.25) is 4.98 Å². The Kier molecular flexibility index (Phi) is 12.1. The summed E-state index contributed by atoms with van der Waals surface area (Å²) in [5, 5.41) is 4.83. The summed E-state index contributed by atoms with van der Waals surface area (Å²) in [5.41, 5.74) is 12.9. The van der Waals surface area contributed by atoms with Crippen molar-refractivity contribution in [1.29, 1.82) is 0 Å². The molecule has 6 heteroatoms. The number of nitrogens with zero attached hydrogens (tertiary/aromatic N) is 3. The maximum atomic E-state index is 8.49. The van der Waals surface area contributed by atoms with Crippen molar-refractivity contribution in [2.45, 2.75) is 70.0 Å². The van der Waals surface area contributed by atoms with Gasteiger partial charge in [-0.1, -0.05) is 141 Å². The third kappa shape index (κ3) is 9.43. The first-order valence-electron chi connectivity index (χ1n) is 25.3. The number of aromatic nitrogens is 3. The molecule has 0 saturated carbocycles. The van der Waals surface area contributed by atoms with E-state index in [1.54, 1.807) is 12.1 Å². The summed E-state index contributed by atoms with van der Waals surface area (Å²) in [6.45, 7) is 8.56. The van der Waals surface area contributed by atoms with Crippen LogP contribution in [-0.2, 0) is 25.5 Å². The second-order valence-corrected chi connectivity index (χ2v) is 31.5. The Hall–Kier alpha value is -5.95. The van der Waals surface area contributed by atoms with E-state index in [2.05, 4.69) is 205 Å². The summed E-state index contributed by atoms with van der Waals surface area (Å²) in [7, 11) is 0. The molecule has 0 unspecified atom stereocenters. The number of fused-ring (bicyclic) bond motifs is 6. The van der Waals surface area contributed by atoms with Gasteiger partial charge in [0, 0.05) is 41.3 Å². The van der Waals surface area contributed by atoms with Gasteiger partial charge in [0.2, 0.25) is 0 Å². The van der Waals surface area contributed by atoms with Crippen molar-refractivity contribution in [2.75, 3.05) is 0 Å². The maximum Gasteiger partial charge on any atom is 0 e. The molecule has 3 nitrogen and oxygen atoms in total. The third-order valence-corrected chi connectivity index (χ3v) is 18.3. The van der Waals surface area contributed by atoms with E-state index in [-0.39, 0.29) is 31.1 Å². The number of hydrogen-bond acceptors (Lipinski definition) is 3. The zero-order valence-corrected chi connectivity index (χ0v) is 45.6. The predicted octanol–water partition coefficient (Wildman–Crippen LogP) is 17.2. The van der Waals surface area contributed by atoms with Crippen LogP contribution in [0.4, 0.5) is 0 Å². The largest absolute Gasteiger partial charge is 0 e. The normalized spacial score (nSPS) is 13.0. The van der Waals surface area contributed by atoms with E-state index in [1.807, 2.05) is 37.4 Å². The minimum atomic E-state index is -2.14. The molecule has 0 spiro atoms. The van der Waals surface area contributed by atoms with E-state index in [9.17, 15) is 0 Å². The van der Waals surface area contributed by atoms with E-state index < -0.39 is 26.0 Å². The summed E-state index contributed by atoms with van der Waals surface area (Å²) < 4.78 is 36.9. The van der Waals surface area contributed by atoms with Crippen LogP contribution in [0.1, 0.15) is 62.7 Å². The molecule has 0 amide bonds. The van der Waals surface area contributed by atoms with Gasteiger partial charge in [-0.15, -0.1) is 18.2 Å². The fourth-order valence-electron chi connectivity index (χ4n) is 9.24. The van der Waals surface area contributed by atoms with Crippen LogP contribution < -0.4 is 4.40 Å². The minimum Gasteiger partial charge on any atom is 0 e. The van der Waals surface area contributed by atoms with Crippen LogP contribution in [0.3, 0.4) is 0 Å². The molecular formula is C63H57GeIrN3S-2. The Morgan fingerprint density at radius 3 is 1.99 bits per heavy atom. The first kappa shape index (κ1) is 43.1. The van der Waals surface area contributed by atoms with Gasteiger partial charge in [0.1, 0.15) is 0 Å². The zero-order valence-electron chi connectivity index (χ0n) is 44.3. The smallest absolute Gasteiger partial charge is 0 e. The van der Waals surface area contributed by atoms with Crippen molar-refractivity contribution >= 4 is 71.0 Å². The summed E-state index contributed by atoms with van der Waals surface area (Å²) in [4.78, 5) is 10.2. The van der Waals surface area contributed by atoms with Crippen LogP contribution in [0, 0.1) is 19.0 Å². The average Bonchev–Trinajstić information content (AvgIpc) is 3.95. The Bertz CT molecular complexity index is 3730. The van der Waals surface area contributed by atoms with Crippen LogP contribution >= 0.6 is 11.3 Å². The van der Waals surface area contributed by atoms with Gasteiger partial charge in [0.25, 0.3) is 0 Å². The van der Waals surface area contributed by atoms with Crippen LogP contribution in [0.15, 0.2) is 176 Å². The SMILES string of the molecule is CC(C)(C)c1cc(-c2ccccc2)c(-n2c(-c3[c-]ccc4c3sc3ccccc34)nc3c4ccccc4ccc32)c(-c2ccccc2)c1.[2H]C([2H])([2H])c1c[c-]c(-c2cc(C([2H])(C)C)[c]([Ge]([CH3])([CH3])[CH3])cn2)cc1.[Ir]. The molecule has 0 aliphatic rings. The number of imidazole rings is 1. The molecule has 1 radical (unpaired) electrons. The number of aryl methyl sites for hydroxylation is 1. The molecule has 0 aliphatic heterocycles. The molecule has 345 valence electrons. The van der Waals surface area contributed by atoms with E-state index in [4.69, 9.17) is 10.5 Å². The fraction of sp³-hybridized carbons (Fsp3) is 0.175. The topological polar surface area (TPSA) is 30.7 Å². The van der Waals surface area contributed by atoms with E-state index >= 15 is 0 Å². The van der Waals surface area contributed by atoms with E-state index in [0.29, 0.717) is 0 Å². The van der Waals surface area contributed by atoms with Gasteiger partial charge >= 0.3 is 131 Å². The van der Waals surface area contributed by atoms with E-state index in [1.165, 1.54) is 63.8 Å². The van der Waals surface area contributed by atoms with Crippen molar-refractivity contribution < 1.29 is 25.6 Å². The third-order valence-electron chi connectivity index (χ3n) is 12.8. The molecule has 3 aromatic heterocycles. The number of benzene rings is 8. The molecule has 0 aliphatic carbocycles. The molecule has 69 heavy (non-hydrogen) atoms. The molecule has 11 aromatic rings. The standard InChI is InChI=1S/C45H33N2S.C18H24GeN.Ir/c1-45(2,3)32-27-37(29-15-6-4-7-16-29)42(38(28-32)30-17-8-5-9-18-30)47-39-26-25-31-19-10-11-20-33(31)41(39)46-44(47)36-23-14-22-35-34-21-12-13-24-40(34)48-43(35)36;1-13(2)16-11-18(15-9-7-14(3)8-10-15)20-12-17(16)19(4,5)6;/h4-22,24-28H,1-3H3;7-9,11-13H,1-6H3;/q2*-1;/i;3D3,13D;. The molecule has 8 aromatic carbocycles. The molecule has 0 N–H and O–H groups in total.